The van der Waals surface area contributed by atoms with E-state index in [0.717, 1.165) is 18.5 Å². The number of hydrogen-bond acceptors (Lipinski definition) is 2. The highest BCUT2D eigenvalue weighted by Crippen LogP contribution is 2.10. The monoisotopic (exact) mass is 198 g/mol. The highest BCUT2D eigenvalue weighted by atomic mass is 14.8. The Morgan fingerprint density at radius 1 is 1.13 bits per heavy atom. The van der Waals surface area contributed by atoms with Crippen molar-refractivity contribution in [1.82, 2.24) is 9.97 Å². The van der Waals surface area contributed by atoms with Gasteiger partial charge in [-0.1, -0.05) is 37.3 Å². The molecule has 76 valence electrons. The van der Waals surface area contributed by atoms with Gasteiger partial charge >= 0.3 is 0 Å². The average molecular weight is 198 g/mol. The molecule has 0 fully saturated rings. The van der Waals surface area contributed by atoms with E-state index in [4.69, 9.17) is 0 Å². The van der Waals surface area contributed by atoms with E-state index in [1.54, 1.807) is 6.33 Å². The Balaban J connectivity index is 2.24. The summed E-state index contributed by atoms with van der Waals surface area (Å²) in [5.74, 6) is 0. The van der Waals surface area contributed by atoms with Gasteiger partial charge in [-0.05, 0) is 17.5 Å². The summed E-state index contributed by atoms with van der Waals surface area (Å²) in [5, 5.41) is 0. The van der Waals surface area contributed by atoms with Crippen LogP contribution >= 0.6 is 0 Å². The van der Waals surface area contributed by atoms with Crippen LogP contribution in [-0.2, 0) is 12.8 Å². The molecular weight excluding hydrogens is 184 g/mol. The molecule has 0 N–H and O–H groups in total. The molecule has 1 aromatic heterocycles. The standard InChI is InChI=1S/C13H14N2/c1-2-12-9-14-10-15-13(12)8-11-6-4-3-5-7-11/h3-7,9-10H,2,8H2,1H3. The third kappa shape index (κ3) is 2.40. The van der Waals surface area contributed by atoms with Crippen LogP contribution in [-0.4, -0.2) is 9.97 Å². The second kappa shape index (κ2) is 4.69. The van der Waals surface area contributed by atoms with Gasteiger partial charge in [-0.3, -0.25) is 0 Å². The van der Waals surface area contributed by atoms with Gasteiger partial charge in [0.1, 0.15) is 6.33 Å². The lowest BCUT2D eigenvalue weighted by Crippen LogP contribution is -1.98. The summed E-state index contributed by atoms with van der Waals surface area (Å²) >= 11 is 0. The van der Waals surface area contributed by atoms with E-state index in [1.807, 2.05) is 12.3 Å². The number of hydrogen-bond donors (Lipinski definition) is 0. The first-order chi connectivity index (χ1) is 7.40. The van der Waals surface area contributed by atoms with Crippen LogP contribution in [0.4, 0.5) is 0 Å². The van der Waals surface area contributed by atoms with Gasteiger partial charge in [0, 0.05) is 12.6 Å². The van der Waals surface area contributed by atoms with Crippen LogP contribution in [0.1, 0.15) is 23.7 Å². The quantitative estimate of drug-likeness (QED) is 0.757. The summed E-state index contributed by atoms with van der Waals surface area (Å²) in [6.45, 7) is 2.13. The summed E-state index contributed by atoms with van der Waals surface area (Å²) in [4.78, 5) is 8.38. The maximum absolute atomic E-state index is 4.33. The minimum atomic E-state index is 0.895. The predicted octanol–water partition coefficient (Wildman–Crippen LogP) is 2.63. The van der Waals surface area contributed by atoms with Crippen molar-refractivity contribution in [2.75, 3.05) is 0 Å². The average Bonchev–Trinajstić information content (AvgIpc) is 2.31. The highest BCUT2D eigenvalue weighted by molar-refractivity contribution is 5.25. The largest absolute Gasteiger partial charge is 0.245 e. The second-order valence-electron chi connectivity index (χ2n) is 3.51. The number of benzene rings is 1. The van der Waals surface area contributed by atoms with Crippen molar-refractivity contribution in [3.8, 4) is 0 Å². The van der Waals surface area contributed by atoms with Crippen molar-refractivity contribution in [1.29, 1.82) is 0 Å². The molecule has 1 aromatic carbocycles. The van der Waals surface area contributed by atoms with Crippen LogP contribution in [0, 0.1) is 0 Å². The smallest absolute Gasteiger partial charge is 0.115 e. The lowest BCUT2D eigenvalue weighted by Gasteiger charge is -2.05. The summed E-state index contributed by atoms with van der Waals surface area (Å²) in [6, 6.07) is 10.4. The molecule has 0 spiro atoms. The van der Waals surface area contributed by atoms with E-state index in [-0.39, 0.29) is 0 Å². The van der Waals surface area contributed by atoms with Gasteiger partial charge in [-0.2, -0.15) is 0 Å². The summed E-state index contributed by atoms with van der Waals surface area (Å²) in [7, 11) is 0. The molecular formula is C13H14N2. The van der Waals surface area contributed by atoms with E-state index in [0.29, 0.717) is 0 Å². The molecule has 2 nitrogen and oxygen atoms in total. The van der Waals surface area contributed by atoms with Crippen molar-refractivity contribution in [2.24, 2.45) is 0 Å². The first kappa shape index (κ1) is 9.84. The molecule has 0 unspecified atom stereocenters. The van der Waals surface area contributed by atoms with Gasteiger partial charge in [0.2, 0.25) is 0 Å². The maximum atomic E-state index is 4.33. The van der Waals surface area contributed by atoms with Gasteiger partial charge in [0.25, 0.3) is 0 Å². The molecule has 0 aliphatic carbocycles. The van der Waals surface area contributed by atoms with Crippen molar-refractivity contribution in [3.63, 3.8) is 0 Å². The van der Waals surface area contributed by atoms with Crippen molar-refractivity contribution < 1.29 is 0 Å². The van der Waals surface area contributed by atoms with Crippen LogP contribution in [0.25, 0.3) is 0 Å². The molecule has 0 saturated heterocycles. The fraction of sp³-hybridized carbons (Fsp3) is 0.231. The van der Waals surface area contributed by atoms with Gasteiger partial charge in [-0.15, -0.1) is 0 Å². The Morgan fingerprint density at radius 3 is 2.67 bits per heavy atom. The molecule has 2 rings (SSSR count). The normalized spacial score (nSPS) is 10.2. The molecule has 0 aliphatic rings. The molecule has 0 radical (unpaired) electrons. The number of aromatic nitrogens is 2. The van der Waals surface area contributed by atoms with Gasteiger partial charge in [-0.25, -0.2) is 9.97 Å². The molecule has 1 heterocycles. The van der Waals surface area contributed by atoms with E-state index in [1.165, 1.54) is 11.1 Å². The number of aryl methyl sites for hydroxylation is 1. The Labute approximate surface area is 90.0 Å². The fourth-order valence-electron chi connectivity index (χ4n) is 1.63. The first-order valence-electron chi connectivity index (χ1n) is 5.22. The third-order valence-electron chi connectivity index (χ3n) is 2.48. The minimum Gasteiger partial charge on any atom is -0.245 e. The van der Waals surface area contributed by atoms with E-state index < -0.39 is 0 Å². The molecule has 0 aliphatic heterocycles. The molecule has 0 amide bonds. The van der Waals surface area contributed by atoms with Crippen molar-refractivity contribution in [3.05, 3.63) is 59.7 Å². The lowest BCUT2D eigenvalue weighted by atomic mass is 10.1. The lowest BCUT2D eigenvalue weighted by molar-refractivity contribution is 0.949. The van der Waals surface area contributed by atoms with Crippen LogP contribution in [0.15, 0.2) is 42.9 Å². The summed E-state index contributed by atoms with van der Waals surface area (Å²) in [5.41, 5.74) is 3.67. The van der Waals surface area contributed by atoms with Crippen molar-refractivity contribution >= 4 is 0 Å². The van der Waals surface area contributed by atoms with Crippen LogP contribution < -0.4 is 0 Å². The third-order valence-corrected chi connectivity index (χ3v) is 2.48. The Hall–Kier alpha value is -1.70. The van der Waals surface area contributed by atoms with E-state index in [2.05, 4.69) is 41.2 Å². The highest BCUT2D eigenvalue weighted by Gasteiger charge is 2.02. The maximum Gasteiger partial charge on any atom is 0.115 e. The van der Waals surface area contributed by atoms with Crippen LogP contribution in [0.2, 0.25) is 0 Å². The first-order valence-corrected chi connectivity index (χ1v) is 5.22. The van der Waals surface area contributed by atoms with Crippen LogP contribution in [0.3, 0.4) is 0 Å². The summed E-state index contributed by atoms with van der Waals surface area (Å²) < 4.78 is 0. The van der Waals surface area contributed by atoms with Gasteiger partial charge in [0.15, 0.2) is 0 Å². The molecule has 2 aromatic rings. The van der Waals surface area contributed by atoms with E-state index in [9.17, 15) is 0 Å². The Kier molecular flexibility index (Phi) is 3.08. The molecule has 2 heteroatoms. The predicted molar refractivity (Wildman–Crippen MR) is 60.7 cm³/mol. The van der Waals surface area contributed by atoms with Crippen LogP contribution in [0.5, 0.6) is 0 Å². The number of nitrogens with zero attached hydrogens (tertiary/aromatic N) is 2. The SMILES string of the molecule is CCc1cncnc1Cc1ccccc1. The summed E-state index contributed by atoms with van der Waals surface area (Å²) in [6.07, 6.45) is 5.41. The van der Waals surface area contributed by atoms with E-state index >= 15 is 0 Å². The van der Waals surface area contributed by atoms with Gasteiger partial charge < -0.3 is 0 Å². The number of rotatable bonds is 3. The topological polar surface area (TPSA) is 25.8 Å². The molecule has 0 bridgehead atoms. The Morgan fingerprint density at radius 2 is 1.93 bits per heavy atom. The fourth-order valence-corrected chi connectivity index (χ4v) is 1.63. The second-order valence-corrected chi connectivity index (χ2v) is 3.51. The molecule has 0 saturated carbocycles. The van der Waals surface area contributed by atoms with Crippen molar-refractivity contribution in [2.45, 2.75) is 19.8 Å². The molecule has 15 heavy (non-hydrogen) atoms. The zero-order valence-electron chi connectivity index (χ0n) is 8.85. The zero-order valence-corrected chi connectivity index (χ0v) is 8.85. The zero-order chi connectivity index (χ0) is 10.5. The molecule has 0 atom stereocenters. The minimum absolute atomic E-state index is 0.895. The van der Waals surface area contributed by atoms with Gasteiger partial charge in [0.05, 0.1) is 5.69 Å². The Bertz CT molecular complexity index is 424.